The summed E-state index contributed by atoms with van der Waals surface area (Å²) >= 11 is 0. The molecule has 0 atom stereocenters. The summed E-state index contributed by atoms with van der Waals surface area (Å²) in [5.74, 6) is -1.94. The molecule has 17 heavy (non-hydrogen) atoms. The molecule has 0 unspecified atom stereocenters. The van der Waals surface area contributed by atoms with Gasteiger partial charge in [0.1, 0.15) is 0 Å². The van der Waals surface area contributed by atoms with E-state index < -0.39 is 11.8 Å². The van der Waals surface area contributed by atoms with Crippen LogP contribution in [0.15, 0.2) is 24.0 Å². The van der Waals surface area contributed by atoms with Crippen LogP contribution in [0, 0.1) is 0 Å². The van der Waals surface area contributed by atoms with Gasteiger partial charge in [-0.05, 0) is 19.1 Å². The monoisotopic (exact) mass is 239 g/mol. The minimum Gasteiger partial charge on any atom is -0.461 e. The maximum atomic E-state index is 13.3. The van der Waals surface area contributed by atoms with Crippen molar-refractivity contribution >= 4 is 12.0 Å². The largest absolute Gasteiger partial charge is 0.461 e. The number of pyridine rings is 1. The van der Waals surface area contributed by atoms with Crippen LogP contribution in [0.4, 0.5) is 4.39 Å². The third-order valence-corrected chi connectivity index (χ3v) is 1.87. The van der Waals surface area contributed by atoms with Gasteiger partial charge in [-0.25, -0.2) is 4.79 Å². The Hall–Kier alpha value is -1.75. The highest BCUT2D eigenvalue weighted by atomic mass is 19.1. The molecule has 0 fully saturated rings. The number of esters is 1. The van der Waals surface area contributed by atoms with Gasteiger partial charge >= 0.3 is 5.97 Å². The van der Waals surface area contributed by atoms with E-state index in [4.69, 9.17) is 4.74 Å². The van der Waals surface area contributed by atoms with Gasteiger partial charge in [-0.1, -0.05) is 6.07 Å². The minimum absolute atomic E-state index is 0.136. The van der Waals surface area contributed by atoms with E-state index >= 15 is 0 Å². The molecule has 0 N–H and O–H groups in total. The van der Waals surface area contributed by atoms with Crippen LogP contribution < -0.4 is 0 Å². The highest BCUT2D eigenvalue weighted by Crippen LogP contribution is 2.09. The van der Waals surface area contributed by atoms with Gasteiger partial charge < -0.3 is 9.47 Å². The Morgan fingerprint density at radius 2 is 2.29 bits per heavy atom. The van der Waals surface area contributed by atoms with Crippen molar-refractivity contribution in [2.45, 2.75) is 13.5 Å². The van der Waals surface area contributed by atoms with Crippen LogP contribution in [0.2, 0.25) is 0 Å². The molecule has 4 nitrogen and oxygen atoms in total. The average molecular weight is 239 g/mol. The van der Waals surface area contributed by atoms with Gasteiger partial charge in [-0.15, -0.1) is 0 Å². The van der Waals surface area contributed by atoms with Crippen LogP contribution in [0.1, 0.15) is 18.3 Å². The molecule has 1 heterocycles. The van der Waals surface area contributed by atoms with Crippen LogP contribution in [0.3, 0.4) is 0 Å². The first-order valence-corrected chi connectivity index (χ1v) is 5.16. The predicted octanol–water partition coefficient (Wildman–Crippen LogP) is 2.10. The van der Waals surface area contributed by atoms with E-state index in [1.54, 1.807) is 32.2 Å². The third-order valence-electron chi connectivity index (χ3n) is 1.87. The fourth-order valence-electron chi connectivity index (χ4n) is 1.20. The van der Waals surface area contributed by atoms with E-state index in [1.165, 1.54) is 0 Å². The van der Waals surface area contributed by atoms with Gasteiger partial charge in [0, 0.05) is 13.2 Å². The molecule has 5 heteroatoms. The molecule has 1 aromatic heterocycles. The number of halogens is 1. The molecule has 0 aliphatic rings. The summed E-state index contributed by atoms with van der Waals surface area (Å²) < 4.78 is 22.7. The number of hydrogen-bond acceptors (Lipinski definition) is 4. The molecule has 0 aromatic carbocycles. The van der Waals surface area contributed by atoms with Crippen molar-refractivity contribution in [1.82, 2.24) is 4.98 Å². The van der Waals surface area contributed by atoms with Crippen molar-refractivity contribution in [1.29, 1.82) is 0 Å². The van der Waals surface area contributed by atoms with Crippen molar-refractivity contribution in [2.24, 2.45) is 0 Å². The van der Waals surface area contributed by atoms with Crippen molar-refractivity contribution in [3.8, 4) is 0 Å². The second kappa shape index (κ2) is 6.75. The predicted molar refractivity (Wildman–Crippen MR) is 60.7 cm³/mol. The molecule has 0 amide bonds. The summed E-state index contributed by atoms with van der Waals surface area (Å²) in [5.41, 5.74) is 1.02. The zero-order valence-electron chi connectivity index (χ0n) is 9.77. The van der Waals surface area contributed by atoms with Crippen LogP contribution in [0.5, 0.6) is 0 Å². The van der Waals surface area contributed by atoms with E-state index in [1.807, 2.05) is 0 Å². The second-order valence-corrected chi connectivity index (χ2v) is 3.20. The van der Waals surface area contributed by atoms with Crippen LogP contribution in [-0.4, -0.2) is 24.7 Å². The molecule has 1 rings (SSSR count). The number of nitrogens with zero attached hydrogens (tertiary/aromatic N) is 1. The number of ether oxygens (including phenoxy) is 2. The van der Waals surface area contributed by atoms with Crippen molar-refractivity contribution in [3.05, 3.63) is 35.4 Å². The summed E-state index contributed by atoms with van der Waals surface area (Å²) in [6.45, 7) is 2.09. The Morgan fingerprint density at radius 3 is 2.94 bits per heavy atom. The second-order valence-electron chi connectivity index (χ2n) is 3.20. The highest BCUT2D eigenvalue weighted by Gasteiger charge is 2.09. The van der Waals surface area contributed by atoms with Gasteiger partial charge in [0.25, 0.3) is 0 Å². The summed E-state index contributed by atoms with van der Waals surface area (Å²) in [6.07, 6.45) is 1.04. The summed E-state index contributed by atoms with van der Waals surface area (Å²) in [6, 6.07) is 5.06. The topological polar surface area (TPSA) is 48.4 Å². The number of rotatable bonds is 5. The zero-order valence-corrected chi connectivity index (χ0v) is 9.77. The number of methoxy groups -OCH3 is 1. The maximum absolute atomic E-state index is 13.3. The standard InChI is InChI=1S/C12H14FNO3/c1-3-17-12(15)11(13)7-9-5-4-6-10(14-9)8-16-2/h4-7H,3,8H2,1-2H3/b11-7-. The smallest absolute Gasteiger partial charge is 0.367 e. The molecule has 1 aromatic rings. The highest BCUT2D eigenvalue weighted by molar-refractivity contribution is 5.90. The Bertz CT molecular complexity index is 418. The van der Waals surface area contributed by atoms with E-state index in [9.17, 15) is 9.18 Å². The summed E-state index contributed by atoms with van der Waals surface area (Å²) in [5, 5.41) is 0. The lowest BCUT2D eigenvalue weighted by Gasteiger charge is -2.01. The molecule has 0 saturated carbocycles. The van der Waals surface area contributed by atoms with Gasteiger partial charge in [0.15, 0.2) is 0 Å². The molecular formula is C12H14FNO3. The Morgan fingerprint density at radius 1 is 1.53 bits per heavy atom. The number of carbonyl (C=O) groups is 1. The normalized spacial score (nSPS) is 11.4. The van der Waals surface area contributed by atoms with Crippen molar-refractivity contribution in [3.63, 3.8) is 0 Å². The molecule has 0 saturated heterocycles. The van der Waals surface area contributed by atoms with E-state index in [0.29, 0.717) is 18.0 Å². The first kappa shape index (κ1) is 13.3. The van der Waals surface area contributed by atoms with Gasteiger partial charge in [-0.2, -0.15) is 4.39 Å². The Labute approximate surface area is 99.1 Å². The molecule has 0 aliphatic heterocycles. The average Bonchev–Trinajstić information content (AvgIpc) is 2.30. The zero-order chi connectivity index (χ0) is 12.7. The van der Waals surface area contributed by atoms with Crippen LogP contribution >= 0.6 is 0 Å². The maximum Gasteiger partial charge on any atom is 0.367 e. The van der Waals surface area contributed by atoms with Gasteiger partial charge in [0.05, 0.1) is 24.6 Å². The first-order valence-electron chi connectivity index (χ1n) is 5.16. The van der Waals surface area contributed by atoms with E-state index in [0.717, 1.165) is 6.08 Å². The summed E-state index contributed by atoms with van der Waals surface area (Å²) in [4.78, 5) is 15.1. The summed E-state index contributed by atoms with van der Waals surface area (Å²) in [7, 11) is 1.55. The fourth-order valence-corrected chi connectivity index (χ4v) is 1.20. The van der Waals surface area contributed by atoms with E-state index in [-0.39, 0.29) is 6.61 Å². The Balaban J connectivity index is 2.82. The number of aromatic nitrogens is 1. The minimum atomic E-state index is -0.980. The molecule has 0 radical (unpaired) electrons. The van der Waals surface area contributed by atoms with Crippen LogP contribution in [0.25, 0.3) is 6.08 Å². The van der Waals surface area contributed by atoms with Gasteiger partial charge in [-0.3, -0.25) is 4.98 Å². The molecule has 0 aliphatic carbocycles. The third kappa shape index (κ3) is 4.32. The van der Waals surface area contributed by atoms with Crippen LogP contribution in [-0.2, 0) is 20.9 Å². The molecule has 0 bridgehead atoms. The van der Waals surface area contributed by atoms with Crippen molar-refractivity contribution < 1.29 is 18.7 Å². The molecule has 0 spiro atoms. The lowest BCUT2D eigenvalue weighted by atomic mass is 10.3. The SMILES string of the molecule is CCOC(=O)/C(F)=C/c1cccc(COC)n1. The number of carbonyl (C=O) groups excluding carboxylic acids is 1. The van der Waals surface area contributed by atoms with Crippen molar-refractivity contribution in [2.75, 3.05) is 13.7 Å². The van der Waals surface area contributed by atoms with Gasteiger partial charge in [0.2, 0.25) is 5.83 Å². The number of hydrogen-bond donors (Lipinski definition) is 0. The molecular weight excluding hydrogens is 225 g/mol. The lowest BCUT2D eigenvalue weighted by Crippen LogP contribution is -2.04. The first-order chi connectivity index (χ1) is 8.17. The Kier molecular flexibility index (Phi) is 5.29. The molecule has 92 valence electrons. The fraction of sp³-hybridized carbons (Fsp3) is 0.333. The quantitative estimate of drug-likeness (QED) is 0.583. The van der Waals surface area contributed by atoms with E-state index in [2.05, 4.69) is 9.72 Å². The lowest BCUT2D eigenvalue weighted by molar-refractivity contribution is -0.140.